The van der Waals surface area contributed by atoms with Crippen molar-refractivity contribution in [3.8, 4) is 5.82 Å². The third-order valence-corrected chi connectivity index (χ3v) is 1.60. The van der Waals surface area contributed by atoms with Gasteiger partial charge in [-0.1, -0.05) is 6.04 Å². The van der Waals surface area contributed by atoms with Crippen molar-refractivity contribution in [2.24, 2.45) is 0 Å². The van der Waals surface area contributed by atoms with Gasteiger partial charge >= 0.3 is 0 Å². The van der Waals surface area contributed by atoms with E-state index in [4.69, 9.17) is 11.0 Å². The van der Waals surface area contributed by atoms with Crippen LogP contribution in [-0.2, 0) is 0 Å². The summed E-state index contributed by atoms with van der Waals surface area (Å²) in [7, 11) is 0. The van der Waals surface area contributed by atoms with Crippen LogP contribution in [0.1, 0.15) is 16.7 Å². The molecule has 3 nitrogen and oxygen atoms in total. The number of halogens is 1. The molecule has 0 amide bonds. The first-order valence-corrected chi connectivity index (χ1v) is 4.05. The fraction of sp³-hybridized carbons (Fsp3) is 0.111. The molecular weight excluding hydrogens is 230 g/mol. The van der Waals surface area contributed by atoms with Crippen LogP contribution in [-0.4, -0.2) is 14.8 Å². The highest BCUT2D eigenvalue weighted by Crippen LogP contribution is 2.09. The quantitative estimate of drug-likeness (QED) is 0.723. The van der Waals surface area contributed by atoms with Gasteiger partial charge in [0.15, 0.2) is 5.82 Å². The lowest BCUT2D eigenvalue weighted by atomic mass is 10.5. The summed E-state index contributed by atoms with van der Waals surface area (Å²) in [6.45, 7) is -2.67. The van der Waals surface area contributed by atoms with Crippen molar-refractivity contribution in [3.63, 3.8) is 0 Å². The first-order valence-electron chi connectivity index (χ1n) is 7.26. The van der Waals surface area contributed by atoms with Crippen molar-refractivity contribution in [3.05, 3.63) is 40.6 Å². The summed E-state index contributed by atoms with van der Waals surface area (Å²) in [6.07, 6.45) is -0.550. The fourth-order valence-electron chi connectivity index (χ4n) is 0.744. The molecule has 0 aliphatic heterocycles. The molecule has 0 atom stereocenters. The number of hydrogen-bond acceptors (Lipinski definition) is 2. The van der Waals surface area contributed by atoms with Crippen molar-refractivity contribution in [2.45, 2.75) is 6.85 Å². The van der Waals surface area contributed by atoms with Gasteiger partial charge in [0.2, 0.25) is 0 Å². The molecule has 0 saturated heterocycles. The average molecular weight is 246 g/mol. The van der Waals surface area contributed by atoms with Crippen LogP contribution < -0.4 is 0 Å². The van der Waals surface area contributed by atoms with Gasteiger partial charge in [-0.2, -0.15) is 5.10 Å². The van der Waals surface area contributed by atoms with Crippen LogP contribution in [0.5, 0.6) is 0 Å². The van der Waals surface area contributed by atoms with Crippen LogP contribution in [0, 0.1) is 6.85 Å². The van der Waals surface area contributed by atoms with E-state index < -0.39 is 36.8 Å². The summed E-state index contributed by atoms with van der Waals surface area (Å²) in [6, 6.07) is -1.81. The number of aromatic nitrogens is 3. The number of nitrogens with zero attached hydrogens (tertiary/aromatic N) is 3. The normalized spacial score (nSPS) is 20.1. The number of hydrogen-bond donors (Lipinski definition) is 0. The molecule has 0 radical (unpaired) electrons. The Kier molecular flexibility index (Phi) is 0.813. The van der Waals surface area contributed by atoms with Crippen molar-refractivity contribution in [2.75, 3.05) is 0 Å². The van der Waals surface area contributed by atoms with E-state index in [-0.39, 0.29) is 16.5 Å². The molecule has 13 heavy (non-hydrogen) atoms. The van der Waals surface area contributed by atoms with Crippen molar-refractivity contribution in [1.29, 1.82) is 0 Å². The molecule has 0 aromatic carbocycles. The lowest BCUT2D eigenvalue weighted by Gasteiger charge is -1.99. The molecule has 0 bridgehead atoms. The van der Waals surface area contributed by atoms with E-state index in [9.17, 15) is 0 Å². The summed E-state index contributed by atoms with van der Waals surface area (Å²) < 4.78 is 60.8. The molecule has 0 aliphatic rings. The van der Waals surface area contributed by atoms with Gasteiger partial charge in [0, 0.05) is 10.3 Å². The Labute approximate surface area is 95.8 Å². The largest absolute Gasteiger partial charge is 0.222 e. The van der Waals surface area contributed by atoms with Crippen molar-refractivity contribution >= 4 is 15.9 Å². The number of pyridine rings is 1. The maximum Gasteiger partial charge on any atom is 0.154 e. The van der Waals surface area contributed by atoms with Crippen molar-refractivity contribution in [1.82, 2.24) is 14.8 Å². The molecule has 2 aromatic rings. The van der Waals surface area contributed by atoms with Crippen LogP contribution in [0.25, 0.3) is 5.82 Å². The van der Waals surface area contributed by atoms with E-state index in [1.54, 1.807) is 0 Å². The molecule has 4 heteroatoms. The van der Waals surface area contributed by atoms with E-state index >= 15 is 0 Å². The first kappa shape index (κ1) is 3.20. The summed E-state index contributed by atoms with van der Waals surface area (Å²) in [4.78, 5) is 3.84. The fourth-order valence-corrected chi connectivity index (χ4v) is 1.01. The van der Waals surface area contributed by atoms with E-state index in [1.807, 2.05) is 0 Å². The standard InChI is InChI=1S/C9H8BrN3/c1-7-5-6-13(12-7)9-4-2-3-8(10)11-9/h2-6H,1H3/i1D3,2D,3D,4D,5D,6D. The maximum absolute atomic E-state index is 7.77. The second-order valence-corrected chi connectivity index (χ2v) is 2.85. The van der Waals surface area contributed by atoms with Crippen molar-refractivity contribution < 1.29 is 11.0 Å². The maximum atomic E-state index is 7.77. The molecular formula is C9H8BrN3. The Hall–Kier alpha value is -1.16. The summed E-state index contributed by atoms with van der Waals surface area (Å²) in [5.74, 6) is -0.281. The molecule has 0 spiro atoms. The Morgan fingerprint density at radius 2 is 2.46 bits per heavy atom. The first-order chi connectivity index (χ1) is 9.55. The molecule has 0 N–H and O–H groups in total. The van der Waals surface area contributed by atoms with Gasteiger partial charge in [-0.3, -0.25) is 0 Å². The molecule has 0 aliphatic carbocycles. The SMILES string of the molecule is [2H]c1c(Br)nc(-n2nc(C([2H])([2H])[2H])c([2H])c2[2H])c([2H])c1[2H]. The van der Waals surface area contributed by atoms with Gasteiger partial charge in [0.25, 0.3) is 0 Å². The van der Waals surface area contributed by atoms with Gasteiger partial charge in [0.05, 0.1) is 12.5 Å². The third-order valence-electron chi connectivity index (χ3n) is 1.22. The highest BCUT2D eigenvalue weighted by atomic mass is 79.9. The minimum Gasteiger partial charge on any atom is -0.222 e. The summed E-state index contributed by atoms with van der Waals surface area (Å²) in [5.41, 5.74) is -0.577. The Morgan fingerprint density at radius 3 is 3.23 bits per heavy atom. The molecule has 0 saturated carbocycles. The topological polar surface area (TPSA) is 30.7 Å². The smallest absolute Gasteiger partial charge is 0.154 e. The summed E-state index contributed by atoms with van der Waals surface area (Å²) >= 11 is 2.96. The van der Waals surface area contributed by atoms with E-state index in [0.717, 1.165) is 0 Å². The molecule has 2 aromatic heterocycles. The van der Waals surface area contributed by atoms with E-state index in [1.165, 1.54) is 0 Å². The highest BCUT2D eigenvalue weighted by molar-refractivity contribution is 9.10. The molecule has 0 fully saturated rings. The zero-order valence-corrected chi connectivity index (χ0v) is 7.81. The Bertz CT molecular complexity index is 723. The van der Waals surface area contributed by atoms with Gasteiger partial charge in [-0.25, -0.2) is 9.67 Å². The van der Waals surface area contributed by atoms with Gasteiger partial charge in [-0.05, 0) is 40.9 Å². The Balaban J connectivity index is 2.75. The molecule has 0 unspecified atom stereocenters. The average Bonchev–Trinajstić information content (AvgIpc) is 2.68. The minimum absolute atomic E-state index is 0.0321. The molecule has 2 rings (SSSR count). The number of rotatable bonds is 1. The minimum atomic E-state index is -2.67. The molecule has 66 valence electrons. The van der Waals surface area contributed by atoms with E-state index in [0.29, 0.717) is 4.68 Å². The van der Waals surface area contributed by atoms with Crippen LogP contribution in [0.4, 0.5) is 0 Å². The second-order valence-electron chi connectivity index (χ2n) is 2.10. The predicted molar refractivity (Wildman–Crippen MR) is 53.8 cm³/mol. The highest BCUT2D eigenvalue weighted by Gasteiger charge is 1.98. The zero-order chi connectivity index (χ0) is 16.1. The lowest BCUT2D eigenvalue weighted by molar-refractivity contribution is 0.829. The lowest BCUT2D eigenvalue weighted by Crippen LogP contribution is -1.97. The van der Waals surface area contributed by atoms with Crippen LogP contribution in [0.15, 0.2) is 34.9 Å². The van der Waals surface area contributed by atoms with Gasteiger partial charge in [-0.15, -0.1) is 0 Å². The van der Waals surface area contributed by atoms with Crippen LogP contribution in [0.2, 0.25) is 0 Å². The zero-order valence-electron chi connectivity index (χ0n) is 14.2. The van der Waals surface area contributed by atoms with Gasteiger partial charge in [0.1, 0.15) is 4.60 Å². The predicted octanol–water partition coefficient (Wildman–Crippen LogP) is 2.34. The van der Waals surface area contributed by atoms with Crippen LogP contribution >= 0.6 is 15.9 Å². The van der Waals surface area contributed by atoms with E-state index in [2.05, 4.69) is 26.0 Å². The van der Waals surface area contributed by atoms with Crippen LogP contribution in [0.3, 0.4) is 0 Å². The number of aryl methyl sites for hydroxylation is 1. The Morgan fingerprint density at radius 1 is 1.54 bits per heavy atom. The summed E-state index contributed by atoms with van der Waals surface area (Å²) in [5, 5.41) is 3.65. The molecule has 2 heterocycles. The third kappa shape index (κ3) is 1.78. The monoisotopic (exact) mass is 245 g/mol. The second kappa shape index (κ2) is 3.30. The van der Waals surface area contributed by atoms with Gasteiger partial charge < -0.3 is 0 Å².